The third-order valence-corrected chi connectivity index (χ3v) is 0. The van der Waals surface area contributed by atoms with Crippen molar-refractivity contribution in [3.8, 4) is 0 Å². The maximum absolute atomic E-state index is 2.21. The quantitative estimate of drug-likeness (QED) is 0.497. The van der Waals surface area contributed by atoms with E-state index in [0.29, 0.717) is 0 Å². The number of rotatable bonds is 0. The molecule has 0 radical (unpaired) electrons. The van der Waals surface area contributed by atoms with Crippen LogP contribution in [-0.2, 0) is 52.2 Å². The molecule has 0 bridgehead atoms. The Kier molecular flexibility index (Phi) is 33.7. The predicted molar refractivity (Wildman–Crippen MR) is 16.3 cm³/mol. The van der Waals surface area contributed by atoms with Gasteiger partial charge >= 0.3 is 67.5 Å². The summed E-state index contributed by atoms with van der Waals surface area (Å²) in [6, 6.07) is 0. The first-order chi connectivity index (χ1) is 2.41. The summed E-state index contributed by atoms with van der Waals surface area (Å²) in [6.45, 7) is 2.21. The molecule has 0 saturated heterocycles. The molecule has 0 aliphatic carbocycles. The standard InChI is InChI=1S/C2H5.CH3.2Hg/c1-2;;;/h1H2,2H3;1H3;;. The molecule has 0 unspecified atom stereocenters. The van der Waals surface area contributed by atoms with Gasteiger partial charge in [0.15, 0.2) is 0 Å². The van der Waals surface area contributed by atoms with E-state index in [0.717, 1.165) is 52.2 Å². The predicted octanol–water partition coefficient (Wildman–Crippen LogP) is 1.55. The molecule has 0 atom stereocenters. The first kappa shape index (κ1) is 9.98. The summed E-state index contributed by atoms with van der Waals surface area (Å²) >= 11 is 2.09. The molecule has 0 aromatic carbocycles. The van der Waals surface area contributed by atoms with Gasteiger partial charge in [0.25, 0.3) is 0 Å². The van der Waals surface area contributed by atoms with Crippen LogP contribution in [-0.4, -0.2) is 0 Å². The molecule has 0 aliphatic rings. The van der Waals surface area contributed by atoms with Gasteiger partial charge in [-0.1, -0.05) is 0 Å². The van der Waals surface area contributed by atoms with Crippen molar-refractivity contribution in [3.63, 3.8) is 0 Å². The van der Waals surface area contributed by atoms with Crippen molar-refractivity contribution in [1.82, 2.24) is 0 Å². The van der Waals surface area contributed by atoms with Crippen LogP contribution in [0.3, 0.4) is 0 Å². The van der Waals surface area contributed by atoms with Crippen LogP contribution in [0.2, 0.25) is 8.36 Å². The second-order valence-corrected chi connectivity index (χ2v) is 4.39. The topological polar surface area (TPSA) is 0 Å². The van der Waals surface area contributed by atoms with Crippen LogP contribution in [0, 0.1) is 0 Å². The van der Waals surface area contributed by atoms with E-state index in [-0.39, 0.29) is 0 Å². The average Bonchev–Trinajstić information content (AvgIpc) is 1.46. The summed E-state index contributed by atoms with van der Waals surface area (Å²) in [4.78, 5) is 0. The second-order valence-electron chi connectivity index (χ2n) is 0.500. The summed E-state index contributed by atoms with van der Waals surface area (Å²) in [5, 5.41) is 0. The number of hydrogen-bond acceptors (Lipinski definition) is 0. The van der Waals surface area contributed by atoms with E-state index in [1.54, 1.807) is 0 Å². The van der Waals surface area contributed by atoms with Gasteiger partial charge in [0.2, 0.25) is 0 Å². The van der Waals surface area contributed by atoms with E-state index in [1.807, 2.05) is 0 Å². The van der Waals surface area contributed by atoms with Crippen LogP contribution in [0.15, 0.2) is 0 Å². The Hall–Kier alpha value is 1.87. The molecule has 0 heterocycles. The molecule has 0 aromatic rings. The second kappa shape index (κ2) is 16.9. The van der Waals surface area contributed by atoms with Gasteiger partial charge < -0.3 is 0 Å². The fraction of sp³-hybridized carbons (Fsp3) is 1.00. The number of hydrogen-bond donors (Lipinski definition) is 0. The van der Waals surface area contributed by atoms with Crippen molar-refractivity contribution < 1.29 is 52.2 Å². The van der Waals surface area contributed by atoms with Crippen LogP contribution in [0.25, 0.3) is 0 Å². The van der Waals surface area contributed by atoms with E-state index in [2.05, 4.69) is 11.4 Å². The van der Waals surface area contributed by atoms with E-state index in [4.69, 9.17) is 0 Å². The summed E-state index contributed by atoms with van der Waals surface area (Å²) in [5.74, 6) is 0. The van der Waals surface area contributed by atoms with Gasteiger partial charge in [-0.2, -0.15) is 0 Å². The minimum absolute atomic E-state index is 1.03. The van der Waals surface area contributed by atoms with Crippen LogP contribution in [0.1, 0.15) is 6.92 Å². The van der Waals surface area contributed by atoms with Crippen molar-refractivity contribution in [2.24, 2.45) is 0 Å². The molecule has 2 heteroatoms. The van der Waals surface area contributed by atoms with Crippen molar-refractivity contribution >= 4 is 0 Å². The zero-order chi connectivity index (χ0) is 4.71. The Morgan fingerprint density at radius 1 is 1.40 bits per heavy atom. The molecular formula is C3H8Hg2. The van der Waals surface area contributed by atoms with Gasteiger partial charge in [0.05, 0.1) is 0 Å². The Morgan fingerprint density at radius 2 is 1.40 bits per heavy atom. The van der Waals surface area contributed by atoms with E-state index in [1.165, 1.54) is 3.93 Å². The van der Waals surface area contributed by atoms with Crippen LogP contribution >= 0.6 is 0 Å². The van der Waals surface area contributed by atoms with E-state index in [9.17, 15) is 0 Å². The fourth-order valence-corrected chi connectivity index (χ4v) is 0. The summed E-state index contributed by atoms with van der Waals surface area (Å²) < 4.78 is 3.64. The van der Waals surface area contributed by atoms with Crippen molar-refractivity contribution in [1.29, 1.82) is 0 Å². The SMILES string of the molecule is C[CH2][Hg].[CH3][Hg]. The first-order valence-corrected chi connectivity index (χ1v) is 11.3. The van der Waals surface area contributed by atoms with Gasteiger partial charge in [0.1, 0.15) is 0 Å². The maximum atomic E-state index is 2.21. The molecule has 0 amide bonds. The molecule has 0 spiro atoms. The third-order valence-electron chi connectivity index (χ3n) is 0. The normalized spacial score (nSPS) is 5.20. The summed E-state index contributed by atoms with van der Waals surface area (Å²) in [7, 11) is 0. The summed E-state index contributed by atoms with van der Waals surface area (Å²) in [6.07, 6.45) is 0. The molecule has 0 aliphatic heterocycles. The summed E-state index contributed by atoms with van der Waals surface area (Å²) in [5.41, 5.74) is 0. The average molecular weight is 445 g/mol. The third kappa shape index (κ3) is 25.1. The van der Waals surface area contributed by atoms with Crippen molar-refractivity contribution in [2.45, 2.75) is 15.3 Å². The Bertz CT molecular complexity index is 4.85. The van der Waals surface area contributed by atoms with Crippen molar-refractivity contribution in [3.05, 3.63) is 0 Å². The Balaban J connectivity index is 0. The minimum atomic E-state index is 1.03. The molecule has 0 fully saturated rings. The van der Waals surface area contributed by atoms with Crippen LogP contribution < -0.4 is 0 Å². The van der Waals surface area contributed by atoms with Gasteiger partial charge in [-0.3, -0.25) is 0 Å². The zero-order valence-corrected chi connectivity index (χ0v) is 15.1. The first-order valence-electron chi connectivity index (χ1n) is 1.91. The Labute approximate surface area is 66.7 Å². The van der Waals surface area contributed by atoms with E-state index < -0.39 is 0 Å². The Morgan fingerprint density at radius 3 is 1.40 bits per heavy atom. The van der Waals surface area contributed by atoms with Crippen LogP contribution in [0.4, 0.5) is 0 Å². The van der Waals surface area contributed by atoms with Gasteiger partial charge in [0, 0.05) is 0 Å². The zero-order valence-electron chi connectivity index (χ0n) is 4.12. The molecule has 0 saturated carbocycles. The van der Waals surface area contributed by atoms with Gasteiger partial charge in [-0.05, 0) is 0 Å². The molecule has 0 aromatic heterocycles. The van der Waals surface area contributed by atoms with Gasteiger partial charge in [-0.25, -0.2) is 0 Å². The van der Waals surface area contributed by atoms with Crippen molar-refractivity contribution in [2.75, 3.05) is 0 Å². The fourth-order valence-electron chi connectivity index (χ4n) is 0. The molecule has 5 heavy (non-hydrogen) atoms. The molecule has 0 rings (SSSR count). The van der Waals surface area contributed by atoms with Gasteiger partial charge in [-0.15, -0.1) is 0 Å². The van der Waals surface area contributed by atoms with E-state index >= 15 is 0 Å². The van der Waals surface area contributed by atoms with Crippen LogP contribution in [0.5, 0.6) is 0 Å². The molecular weight excluding hydrogens is 437 g/mol. The molecule has 0 N–H and O–H groups in total. The monoisotopic (exact) mass is 448 g/mol. The molecule has 0 nitrogen and oxygen atoms in total. The molecule has 24 valence electrons.